The summed E-state index contributed by atoms with van der Waals surface area (Å²) in [5, 5.41) is 9.96. The van der Waals surface area contributed by atoms with Crippen molar-refractivity contribution in [1.82, 2.24) is 4.57 Å². The Kier molecular flexibility index (Phi) is 7.06. The van der Waals surface area contributed by atoms with Gasteiger partial charge in [0.2, 0.25) is 0 Å². The minimum Gasteiger partial charge on any atom is -0.405 e. The first-order valence-electron chi connectivity index (χ1n) is 16.9. The number of nitrogens with zero attached hydrogens (tertiary/aromatic N) is 1. The van der Waals surface area contributed by atoms with Crippen molar-refractivity contribution in [2.24, 2.45) is 5.73 Å². The lowest BCUT2D eigenvalue weighted by molar-refractivity contribution is 1.18. The van der Waals surface area contributed by atoms with Gasteiger partial charge in [0.1, 0.15) is 0 Å². The molecule has 2 N–H and O–H groups in total. The molecule has 0 aliphatic heterocycles. The maximum atomic E-state index is 5.55. The minimum absolute atomic E-state index is 0.836. The van der Waals surface area contributed by atoms with Crippen LogP contribution in [0.5, 0.6) is 0 Å². The van der Waals surface area contributed by atoms with E-state index < -0.39 is 0 Å². The van der Waals surface area contributed by atoms with E-state index in [1.54, 1.807) is 6.20 Å². The molecule has 0 spiro atoms. The molecule has 0 atom stereocenters. The molecule has 2 nitrogen and oxygen atoms in total. The molecule has 8 aromatic carbocycles. The number of allylic oxidation sites excluding steroid dienone is 3. The Morgan fingerprint density at radius 1 is 0.449 bits per heavy atom. The standard InChI is InChI=1S/C47H34N2/c48-26-8-2-3-9-32-14-23-44-45-25-21-41-30-40(39-18-17-37-28-36(15-16-38(37)29-39)33-10-4-1-5-11-33)20-24-43(41)47(45)49(46(44)27-32)42-22-19-34-12-6-7-13-35(34)31-42/h1-8,10-31H,9,48H2/b3-2-,26-8-. The molecule has 0 amide bonds. The smallest absolute Gasteiger partial charge is 0.0619 e. The van der Waals surface area contributed by atoms with E-state index in [0.717, 1.165) is 6.42 Å². The van der Waals surface area contributed by atoms with E-state index in [4.69, 9.17) is 5.73 Å². The molecule has 0 saturated carbocycles. The molecule has 9 rings (SSSR count). The summed E-state index contributed by atoms with van der Waals surface area (Å²) in [7, 11) is 0. The lowest BCUT2D eigenvalue weighted by Crippen LogP contribution is -1.95. The topological polar surface area (TPSA) is 30.9 Å². The van der Waals surface area contributed by atoms with Gasteiger partial charge in [0.05, 0.1) is 11.0 Å². The lowest BCUT2D eigenvalue weighted by Gasteiger charge is -2.12. The van der Waals surface area contributed by atoms with E-state index in [1.165, 1.54) is 87.6 Å². The van der Waals surface area contributed by atoms with Crippen molar-refractivity contribution in [3.05, 3.63) is 188 Å². The molecule has 0 aliphatic rings. The Morgan fingerprint density at radius 3 is 1.86 bits per heavy atom. The Bertz CT molecular complexity index is 2750. The highest BCUT2D eigenvalue weighted by atomic mass is 15.0. The second-order valence-electron chi connectivity index (χ2n) is 12.8. The maximum absolute atomic E-state index is 5.55. The van der Waals surface area contributed by atoms with Crippen LogP contribution in [0.4, 0.5) is 0 Å². The second-order valence-corrected chi connectivity index (χ2v) is 12.8. The van der Waals surface area contributed by atoms with Crippen molar-refractivity contribution in [1.29, 1.82) is 0 Å². The second kappa shape index (κ2) is 12.0. The van der Waals surface area contributed by atoms with Crippen molar-refractivity contribution in [2.75, 3.05) is 0 Å². The van der Waals surface area contributed by atoms with E-state index >= 15 is 0 Å². The molecule has 1 aromatic heterocycles. The first-order chi connectivity index (χ1) is 24.2. The predicted molar refractivity (Wildman–Crippen MR) is 210 cm³/mol. The molecule has 49 heavy (non-hydrogen) atoms. The van der Waals surface area contributed by atoms with Crippen LogP contribution in [0.25, 0.3) is 82.1 Å². The van der Waals surface area contributed by atoms with Crippen LogP contribution in [-0.2, 0) is 6.42 Å². The normalized spacial score (nSPS) is 12.1. The Morgan fingerprint density at radius 2 is 1.06 bits per heavy atom. The van der Waals surface area contributed by atoms with Crippen molar-refractivity contribution in [3.63, 3.8) is 0 Å². The minimum atomic E-state index is 0.836. The Balaban J connectivity index is 1.20. The lowest BCUT2D eigenvalue weighted by atomic mass is 9.96. The van der Waals surface area contributed by atoms with E-state index in [2.05, 4.69) is 168 Å². The molecule has 232 valence electrons. The summed E-state index contributed by atoms with van der Waals surface area (Å²) in [5.41, 5.74) is 15.3. The largest absolute Gasteiger partial charge is 0.405 e. The van der Waals surface area contributed by atoms with Crippen LogP contribution in [0.15, 0.2) is 182 Å². The van der Waals surface area contributed by atoms with Gasteiger partial charge < -0.3 is 10.3 Å². The van der Waals surface area contributed by atoms with Crippen molar-refractivity contribution in [3.8, 4) is 27.9 Å². The van der Waals surface area contributed by atoms with Gasteiger partial charge in [0.15, 0.2) is 0 Å². The van der Waals surface area contributed by atoms with Crippen LogP contribution in [0, 0.1) is 0 Å². The van der Waals surface area contributed by atoms with Gasteiger partial charge in [-0.2, -0.15) is 0 Å². The summed E-state index contributed by atoms with van der Waals surface area (Å²) in [6.07, 6.45) is 8.42. The molecule has 9 aromatic rings. The van der Waals surface area contributed by atoms with Gasteiger partial charge in [-0.05, 0) is 110 Å². The zero-order chi connectivity index (χ0) is 32.7. The van der Waals surface area contributed by atoms with E-state index in [-0.39, 0.29) is 0 Å². The van der Waals surface area contributed by atoms with E-state index in [1.807, 2.05) is 12.2 Å². The van der Waals surface area contributed by atoms with Gasteiger partial charge in [0.25, 0.3) is 0 Å². The molecule has 2 heteroatoms. The molecule has 0 fully saturated rings. The van der Waals surface area contributed by atoms with Crippen LogP contribution in [0.1, 0.15) is 5.56 Å². The molecular weight excluding hydrogens is 593 g/mol. The number of fused-ring (bicyclic) bond motifs is 7. The monoisotopic (exact) mass is 626 g/mol. The van der Waals surface area contributed by atoms with Gasteiger partial charge in [-0.25, -0.2) is 0 Å². The summed E-state index contributed by atoms with van der Waals surface area (Å²) in [5.74, 6) is 0. The molecule has 0 radical (unpaired) electrons. The van der Waals surface area contributed by atoms with Crippen LogP contribution in [0.2, 0.25) is 0 Å². The summed E-state index contributed by atoms with van der Waals surface area (Å²) in [6.45, 7) is 0. The van der Waals surface area contributed by atoms with Gasteiger partial charge in [0, 0.05) is 21.8 Å². The molecule has 0 aliphatic carbocycles. The van der Waals surface area contributed by atoms with Gasteiger partial charge in [-0.3, -0.25) is 0 Å². The fourth-order valence-corrected chi connectivity index (χ4v) is 7.35. The van der Waals surface area contributed by atoms with Crippen molar-refractivity contribution < 1.29 is 0 Å². The molecular formula is C47H34N2. The average molecular weight is 627 g/mol. The Labute approximate surface area is 285 Å². The summed E-state index contributed by atoms with van der Waals surface area (Å²) < 4.78 is 2.46. The highest BCUT2D eigenvalue weighted by molar-refractivity contribution is 6.19. The van der Waals surface area contributed by atoms with Crippen LogP contribution in [0.3, 0.4) is 0 Å². The van der Waals surface area contributed by atoms with Crippen LogP contribution < -0.4 is 5.73 Å². The average Bonchev–Trinajstić information content (AvgIpc) is 3.50. The molecule has 1 heterocycles. The van der Waals surface area contributed by atoms with Gasteiger partial charge in [-0.1, -0.05) is 133 Å². The fraction of sp³-hybridized carbons (Fsp3) is 0.0213. The first kappa shape index (κ1) is 28.8. The summed E-state index contributed by atoms with van der Waals surface area (Å²) >= 11 is 0. The number of nitrogens with two attached hydrogens (primary N) is 1. The molecule has 0 unspecified atom stereocenters. The number of hydrogen-bond donors (Lipinski definition) is 1. The maximum Gasteiger partial charge on any atom is 0.0619 e. The molecule has 0 bridgehead atoms. The number of aromatic nitrogens is 1. The van der Waals surface area contributed by atoms with Crippen LogP contribution in [-0.4, -0.2) is 4.57 Å². The number of benzene rings is 8. The number of rotatable bonds is 6. The van der Waals surface area contributed by atoms with E-state index in [9.17, 15) is 0 Å². The fourth-order valence-electron chi connectivity index (χ4n) is 7.35. The predicted octanol–water partition coefficient (Wildman–Crippen LogP) is 12.1. The van der Waals surface area contributed by atoms with Crippen molar-refractivity contribution >= 4 is 54.1 Å². The third kappa shape index (κ3) is 5.15. The summed E-state index contributed by atoms with van der Waals surface area (Å²) in [6, 6.07) is 58.0. The third-order valence-electron chi connectivity index (χ3n) is 9.79. The number of hydrogen-bond acceptors (Lipinski definition) is 1. The van der Waals surface area contributed by atoms with Gasteiger partial charge >= 0.3 is 0 Å². The highest BCUT2D eigenvalue weighted by Gasteiger charge is 2.16. The molecule has 0 saturated heterocycles. The van der Waals surface area contributed by atoms with Crippen molar-refractivity contribution in [2.45, 2.75) is 6.42 Å². The summed E-state index contributed by atoms with van der Waals surface area (Å²) in [4.78, 5) is 0. The van der Waals surface area contributed by atoms with E-state index in [0.29, 0.717) is 0 Å². The van der Waals surface area contributed by atoms with Gasteiger partial charge in [-0.15, -0.1) is 0 Å². The van der Waals surface area contributed by atoms with Crippen LogP contribution >= 0.6 is 0 Å². The SMILES string of the molecule is N/C=C\C=C/Cc1ccc2c3ccc4cc(-c5ccc6cc(-c7ccccc7)ccc6c5)ccc4c3n(-c3ccc4ccccc4c3)c2c1. The quantitative estimate of drug-likeness (QED) is 0.183. The highest BCUT2D eigenvalue weighted by Crippen LogP contribution is 2.39. The Hall–Kier alpha value is -6.38. The zero-order valence-corrected chi connectivity index (χ0v) is 27.1. The third-order valence-corrected chi connectivity index (χ3v) is 9.79. The zero-order valence-electron chi connectivity index (χ0n) is 27.1. The first-order valence-corrected chi connectivity index (χ1v) is 16.9.